The van der Waals surface area contributed by atoms with Crippen molar-refractivity contribution < 1.29 is 9.13 Å². The van der Waals surface area contributed by atoms with Crippen LogP contribution in [-0.4, -0.2) is 0 Å². The second kappa shape index (κ2) is 5.29. The monoisotopic (exact) mass is 251 g/mol. The first-order valence-electron chi connectivity index (χ1n) is 5.36. The third-order valence-electron chi connectivity index (χ3n) is 2.44. The number of nitrogens with two attached hydrogens (primary N) is 1. The summed E-state index contributed by atoms with van der Waals surface area (Å²) in [6, 6.07) is 9.07. The summed E-state index contributed by atoms with van der Waals surface area (Å²) in [4.78, 5) is 2.15. The van der Waals surface area contributed by atoms with E-state index < -0.39 is 0 Å². The highest BCUT2D eigenvalue weighted by Crippen LogP contribution is 2.22. The molecule has 1 aromatic heterocycles. The van der Waals surface area contributed by atoms with Gasteiger partial charge in [-0.25, -0.2) is 4.39 Å². The maximum absolute atomic E-state index is 13.6. The molecule has 1 heterocycles. The van der Waals surface area contributed by atoms with Crippen molar-refractivity contribution >= 4 is 11.3 Å². The lowest BCUT2D eigenvalue weighted by Gasteiger charge is -2.07. The van der Waals surface area contributed by atoms with Gasteiger partial charge in [-0.2, -0.15) is 0 Å². The molecule has 1 aromatic carbocycles. The molecule has 90 valence electrons. The predicted molar refractivity (Wildman–Crippen MR) is 67.7 cm³/mol. The Bertz CT molecular complexity index is 510. The third-order valence-corrected chi connectivity index (χ3v) is 3.53. The van der Waals surface area contributed by atoms with Crippen molar-refractivity contribution in [3.05, 3.63) is 51.5 Å². The van der Waals surface area contributed by atoms with Crippen LogP contribution in [0.3, 0.4) is 0 Å². The molecule has 0 saturated carbocycles. The molecule has 0 atom stereocenters. The van der Waals surface area contributed by atoms with Crippen LogP contribution in [0.15, 0.2) is 30.3 Å². The van der Waals surface area contributed by atoms with Crippen LogP contribution in [0.2, 0.25) is 0 Å². The fourth-order valence-electron chi connectivity index (χ4n) is 1.49. The van der Waals surface area contributed by atoms with Crippen molar-refractivity contribution in [2.24, 2.45) is 5.73 Å². The SMILES string of the molecule is Cc1cccc(OCc2ccc(CN)s2)c1F. The maximum Gasteiger partial charge on any atom is 0.167 e. The topological polar surface area (TPSA) is 35.2 Å². The highest BCUT2D eigenvalue weighted by molar-refractivity contribution is 7.11. The van der Waals surface area contributed by atoms with Crippen LogP contribution in [0.4, 0.5) is 4.39 Å². The lowest BCUT2D eigenvalue weighted by molar-refractivity contribution is 0.293. The van der Waals surface area contributed by atoms with E-state index in [-0.39, 0.29) is 5.82 Å². The Labute approximate surface area is 104 Å². The molecular formula is C13H14FNOS. The highest BCUT2D eigenvalue weighted by Gasteiger charge is 2.06. The van der Waals surface area contributed by atoms with E-state index in [1.165, 1.54) is 0 Å². The van der Waals surface area contributed by atoms with Crippen molar-refractivity contribution in [2.75, 3.05) is 0 Å². The largest absolute Gasteiger partial charge is 0.485 e. The molecule has 0 fully saturated rings. The van der Waals surface area contributed by atoms with E-state index in [0.29, 0.717) is 24.5 Å². The molecular weight excluding hydrogens is 237 g/mol. The summed E-state index contributed by atoms with van der Waals surface area (Å²) in [6.45, 7) is 2.63. The van der Waals surface area contributed by atoms with Crippen LogP contribution in [0.25, 0.3) is 0 Å². The summed E-state index contributed by atoms with van der Waals surface area (Å²) in [5.74, 6) is 0.0100. The molecule has 2 rings (SSSR count). The summed E-state index contributed by atoms with van der Waals surface area (Å²) in [6.07, 6.45) is 0. The number of aryl methyl sites for hydroxylation is 1. The van der Waals surface area contributed by atoms with Gasteiger partial charge in [0, 0.05) is 16.3 Å². The van der Waals surface area contributed by atoms with Gasteiger partial charge < -0.3 is 10.5 Å². The van der Waals surface area contributed by atoms with Crippen LogP contribution in [-0.2, 0) is 13.2 Å². The molecule has 0 aliphatic heterocycles. The van der Waals surface area contributed by atoms with Crippen molar-refractivity contribution in [1.29, 1.82) is 0 Å². The number of hydrogen-bond acceptors (Lipinski definition) is 3. The number of benzene rings is 1. The molecule has 2 nitrogen and oxygen atoms in total. The first-order valence-corrected chi connectivity index (χ1v) is 6.18. The van der Waals surface area contributed by atoms with Gasteiger partial charge in [-0.15, -0.1) is 11.3 Å². The van der Waals surface area contributed by atoms with Gasteiger partial charge in [0.2, 0.25) is 0 Å². The van der Waals surface area contributed by atoms with Crippen molar-refractivity contribution in [3.8, 4) is 5.75 Å². The molecule has 2 aromatic rings. The third kappa shape index (κ3) is 2.84. The Hall–Kier alpha value is -1.39. The molecule has 17 heavy (non-hydrogen) atoms. The average Bonchev–Trinajstić information content (AvgIpc) is 2.79. The second-order valence-electron chi connectivity index (χ2n) is 3.75. The van der Waals surface area contributed by atoms with Gasteiger partial charge >= 0.3 is 0 Å². The maximum atomic E-state index is 13.6. The molecule has 0 aliphatic carbocycles. The summed E-state index contributed by atoms with van der Waals surface area (Å²) in [5, 5.41) is 0. The average molecular weight is 251 g/mol. The second-order valence-corrected chi connectivity index (χ2v) is 5.00. The predicted octanol–water partition coefficient (Wildman–Crippen LogP) is 3.23. The molecule has 0 amide bonds. The van der Waals surface area contributed by atoms with E-state index in [1.807, 2.05) is 12.1 Å². The minimum atomic E-state index is -0.289. The lowest BCUT2D eigenvalue weighted by atomic mass is 10.2. The van der Waals surface area contributed by atoms with E-state index in [9.17, 15) is 4.39 Å². The van der Waals surface area contributed by atoms with Crippen molar-refractivity contribution in [1.82, 2.24) is 0 Å². The van der Waals surface area contributed by atoms with Crippen molar-refractivity contribution in [2.45, 2.75) is 20.1 Å². The van der Waals surface area contributed by atoms with Crippen molar-refractivity contribution in [3.63, 3.8) is 0 Å². The molecule has 0 saturated heterocycles. The van der Waals surface area contributed by atoms with Crippen LogP contribution < -0.4 is 10.5 Å². The van der Waals surface area contributed by atoms with Gasteiger partial charge in [0.15, 0.2) is 11.6 Å². The van der Waals surface area contributed by atoms with E-state index in [0.717, 1.165) is 9.75 Å². The number of halogens is 1. The van der Waals surface area contributed by atoms with Crippen LogP contribution in [0.1, 0.15) is 15.3 Å². The summed E-state index contributed by atoms with van der Waals surface area (Å²) >= 11 is 1.59. The Balaban J connectivity index is 2.04. The number of thiophene rings is 1. The van der Waals surface area contributed by atoms with Gasteiger partial charge in [0.1, 0.15) is 6.61 Å². The summed E-state index contributed by atoms with van der Waals surface area (Å²) in [5.41, 5.74) is 6.12. The van der Waals surface area contributed by atoms with Gasteiger partial charge in [-0.05, 0) is 30.7 Å². The molecule has 0 spiro atoms. The Morgan fingerprint density at radius 1 is 1.24 bits per heavy atom. The molecule has 0 bridgehead atoms. The van der Waals surface area contributed by atoms with Gasteiger partial charge in [-0.1, -0.05) is 12.1 Å². The quantitative estimate of drug-likeness (QED) is 0.905. The van der Waals surface area contributed by atoms with Crippen LogP contribution >= 0.6 is 11.3 Å². The molecule has 0 aliphatic rings. The van der Waals surface area contributed by atoms with Crippen LogP contribution in [0, 0.1) is 12.7 Å². The summed E-state index contributed by atoms with van der Waals surface area (Å²) in [7, 11) is 0. The fourth-order valence-corrected chi connectivity index (χ4v) is 2.30. The number of ether oxygens (including phenoxy) is 1. The standard InChI is InChI=1S/C13H14FNOS/c1-9-3-2-4-12(13(9)14)16-8-11-6-5-10(7-15)17-11/h2-6H,7-8,15H2,1H3. The van der Waals surface area contributed by atoms with Crippen LogP contribution in [0.5, 0.6) is 5.75 Å². The Morgan fingerprint density at radius 3 is 2.71 bits per heavy atom. The normalized spacial score (nSPS) is 10.5. The summed E-state index contributed by atoms with van der Waals surface area (Å²) < 4.78 is 19.1. The zero-order valence-corrected chi connectivity index (χ0v) is 10.4. The first-order chi connectivity index (χ1) is 8.20. The fraction of sp³-hybridized carbons (Fsp3) is 0.231. The molecule has 4 heteroatoms. The first kappa shape index (κ1) is 12.1. The Kier molecular flexibility index (Phi) is 3.76. The molecule has 0 unspecified atom stereocenters. The molecule has 0 radical (unpaired) electrons. The minimum absolute atomic E-state index is 0.289. The smallest absolute Gasteiger partial charge is 0.167 e. The highest BCUT2D eigenvalue weighted by atomic mass is 32.1. The van der Waals surface area contributed by atoms with Gasteiger partial charge in [0.05, 0.1) is 0 Å². The minimum Gasteiger partial charge on any atom is -0.485 e. The van der Waals surface area contributed by atoms with Gasteiger partial charge in [-0.3, -0.25) is 0 Å². The zero-order chi connectivity index (χ0) is 12.3. The van der Waals surface area contributed by atoms with E-state index in [1.54, 1.807) is 36.5 Å². The van der Waals surface area contributed by atoms with E-state index in [4.69, 9.17) is 10.5 Å². The number of hydrogen-bond donors (Lipinski definition) is 1. The van der Waals surface area contributed by atoms with E-state index in [2.05, 4.69) is 0 Å². The van der Waals surface area contributed by atoms with E-state index >= 15 is 0 Å². The van der Waals surface area contributed by atoms with Gasteiger partial charge in [0.25, 0.3) is 0 Å². The molecule has 2 N–H and O–H groups in total. The Morgan fingerprint density at radius 2 is 2.00 bits per heavy atom. The number of rotatable bonds is 4. The zero-order valence-electron chi connectivity index (χ0n) is 9.57. The lowest BCUT2D eigenvalue weighted by Crippen LogP contribution is -1.96.